The van der Waals surface area contributed by atoms with E-state index in [1.807, 2.05) is 13.8 Å². The van der Waals surface area contributed by atoms with Crippen LogP contribution in [0.25, 0.3) is 0 Å². The molecule has 0 spiro atoms. The smallest absolute Gasteiger partial charge is 0.481 e. The first-order valence-electron chi connectivity index (χ1n) is 21.9. The molecular weight excluding hydrogens is 990 g/mol. The predicted octanol–water partition coefficient (Wildman–Crippen LogP) is 10.0. The Kier molecular flexibility index (Phi) is 44.1. The molecule has 0 aromatic carbocycles. The van der Waals surface area contributed by atoms with Gasteiger partial charge >= 0.3 is 41.2 Å². The molecule has 374 valence electrons. The average Bonchev–Trinajstić information content (AvgIpc) is 3.11. The van der Waals surface area contributed by atoms with Crippen molar-refractivity contribution < 1.29 is 58.0 Å². The molecule has 0 aromatic rings. The van der Waals surface area contributed by atoms with E-state index in [9.17, 15) is 33.6 Å². The SMILES string of the molecule is C#C[C@@H](O)CCCC(=O)OC(C)C.CC(C)OC(=O)CCCC(=O)C#C[Si](C)(C)C.C[Si](C)(C)C#CC(=O)CCCC(=O)O.C[Si](C)(C)C#C[Si](C)(C)C.O=C1CCCC(=O)O1.[Cl][Al]([Cl])[Cl]. The molecule has 0 radical (unpaired) electrons. The van der Waals surface area contributed by atoms with Crippen LogP contribution in [-0.2, 0) is 47.8 Å². The third-order valence-corrected chi connectivity index (χ3v) is 10.1. The molecule has 66 heavy (non-hydrogen) atoms. The molecule has 0 saturated carbocycles. The molecule has 0 aliphatic carbocycles. The van der Waals surface area contributed by atoms with Crippen molar-refractivity contribution in [2.24, 2.45) is 0 Å². The number of ether oxygens (including phenoxy) is 3. The number of aliphatic hydroxyl groups is 1. The Balaban J connectivity index is -0.000000234. The minimum Gasteiger partial charge on any atom is -0.481 e. The molecule has 1 fully saturated rings. The Hall–Kier alpha value is -2.64. The fourth-order valence-corrected chi connectivity index (χ4v) is 7.61. The van der Waals surface area contributed by atoms with Crippen LogP contribution in [0.2, 0.25) is 78.6 Å². The molecule has 0 bridgehead atoms. The van der Waals surface area contributed by atoms with Crippen molar-refractivity contribution in [2.45, 2.75) is 202 Å². The van der Waals surface area contributed by atoms with E-state index < -0.39 is 55.8 Å². The van der Waals surface area contributed by atoms with Crippen molar-refractivity contribution >= 4 is 115 Å². The van der Waals surface area contributed by atoms with Gasteiger partial charge in [0.05, 0.1) is 12.2 Å². The number of carboxylic acids is 1. The second-order valence-electron chi connectivity index (χ2n) is 19.3. The van der Waals surface area contributed by atoms with Gasteiger partial charge in [-0.2, -0.15) is 0 Å². The Bertz CT molecular complexity index is 1690. The lowest BCUT2D eigenvalue weighted by Crippen LogP contribution is -2.22. The van der Waals surface area contributed by atoms with E-state index in [0.717, 1.165) is 0 Å². The fraction of sp³-hybridized carbons (Fsp3) is 0.674. The van der Waals surface area contributed by atoms with Crippen molar-refractivity contribution in [3.63, 3.8) is 0 Å². The molecule has 1 atom stereocenters. The topological polar surface area (TPSA) is 188 Å². The summed E-state index contributed by atoms with van der Waals surface area (Å²) in [4.78, 5) is 75.3. The molecule has 2 N–H and O–H groups in total. The first-order valence-corrected chi connectivity index (χ1v) is 41.1. The summed E-state index contributed by atoms with van der Waals surface area (Å²) in [6.07, 6.45) is 8.64. The number of ketones is 2. The van der Waals surface area contributed by atoms with E-state index in [1.165, 1.54) is 0 Å². The molecule has 20 heteroatoms. The van der Waals surface area contributed by atoms with Crippen LogP contribution < -0.4 is 0 Å². The van der Waals surface area contributed by atoms with E-state index >= 15 is 0 Å². The first-order chi connectivity index (χ1) is 29.8. The van der Waals surface area contributed by atoms with Crippen LogP contribution >= 0.6 is 30.1 Å². The van der Waals surface area contributed by atoms with E-state index in [4.69, 9.17) is 56.3 Å². The van der Waals surface area contributed by atoms with Crippen LogP contribution in [-0.4, -0.2) is 114 Å². The summed E-state index contributed by atoms with van der Waals surface area (Å²) >= 11 is -1.72. The summed E-state index contributed by atoms with van der Waals surface area (Å²) in [6, 6.07) is 0. The van der Waals surface area contributed by atoms with Crippen LogP contribution in [0.5, 0.6) is 0 Å². The zero-order chi connectivity index (χ0) is 52.9. The van der Waals surface area contributed by atoms with Gasteiger partial charge in [0.1, 0.15) is 38.4 Å². The number of hydrogen-bond donors (Lipinski definition) is 2. The molecule has 1 aliphatic rings. The monoisotopic (exact) mass is 1070 g/mol. The predicted molar refractivity (Wildman–Crippen MR) is 281 cm³/mol. The lowest BCUT2D eigenvalue weighted by atomic mass is 10.1. The number of rotatable bonds is 14. The van der Waals surface area contributed by atoms with Gasteiger partial charge in [-0.15, -0.1) is 28.6 Å². The minimum absolute atomic E-state index is 0.0420. The average molecular weight is 1070 g/mol. The number of hydrogen-bond acceptors (Lipinski definition) is 11. The van der Waals surface area contributed by atoms with Gasteiger partial charge in [0, 0.05) is 44.9 Å². The highest BCUT2D eigenvalue weighted by atomic mass is 35.8. The molecule has 12 nitrogen and oxygen atoms in total. The molecule has 1 heterocycles. The largest absolute Gasteiger partial charge is 0.643 e. The highest BCUT2D eigenvalue weighted by molar-refractivity contribution is 7.54. The molecule has 0 amide bonds. The maximum absolute atomic E-state index is 11.4. The van der Waals surface area contributed by atoms with Crippen LogP contribution in [0.15, 0.2) is 0 Å². The number of cyclic esters (lactones) is 2. The molecule has 1 rings (SSSR count). The van der Waals surface area contributed by atoms with Gasteiger partial charge in [-0.05, 0) is 71.6 Å². The molecule has 0 unspecified atom stereocenters. The normalized spacial score (nSPS) is 12.1. The Morgan fingerprint density at radius 2 is 0.939 bits per heavy atom. The van der Waals surface area contributed by atoms with Crippen molar-refractivity contribution in [3.05, 3.63) is 0 Å². The number of carboxylic acid groups (broad SMARTS) is 1. The van der Waals surface area contributed by atoms with Gasteiger partial charge in [-0.25, -0.2) is 30.1 Å². The molecule has 1 saturated heterocycles. The number of Topliss-reactive ketones (excluding diaryl/α,β-unsaturated/α-hetero) is 2. The second kappa shape index (κ2) is 40.3. The van der Waals surface area contributed by atoms with Crippen LogP contribution in [0.1, 0.15) is 105 Å². The van der Waals surface area contributed by atoms with Gasteiger partial charge in [0.2, 0.25) is 11.6 Å². The van der Waals surface area contributed by atoms with E-state index in [2.05, 4.69) is 123 Å². The van der Waals surface area contributed by atoms with Gasteiger partial charge in [0.25, 0.3) is 0 Å². The first kappa shape index (κ1) is 72.3. The summed E-state index contributed by atoms with van der Waals surface area (Å²) in [5, 5.41) is 17.3. The molecule has 1 aliphatic heterocycles. The number of terminal acetylenes is 1. The summed E-state index contributed by atoms with van der Waals surface area (Å²) in [5.41, 5.74) is 12.8. The third kappa shape index (κ3) is 75.7. The Morgan fingerprint density at radius 3 is 1.20 bits per heavy atom. The number of halogens is 3. The quantitative estimate of drug-likeness (QED) is 0.0552. The van der Waals surface area contributed by atoms with Crippen LogP contribution in [0.3, 0.4) is 0 Å². The van der Waals surface area contributed by atoms with E-state index in [0.29, 0.717) is 64.2 Å². The maximum atomic E-state index is 11.4. The number of carbonyl (C=O) groups excluding carboxylic acids is 6. The fourth-order valence-electron chi connectivity index (χ4n) is 3.58. The highest BCUT2D eigenvalue weighted by Crippen LogP contribution is 2.07. The zero-order valence-electron chi connectivity index (χ0n) is 42.5. The number of aliphatic carboxylic acids is 1. The van der Waals surface area contributed by atoms with Crippen molar-refractivity contribution in [3.8, 4) is 46.4 Å². The summed E-state index contributed by atoms with van der Waals surface area (Å²) < 4.78 is 14.1. The third-order valence-electron chi connectivity index (χ3n) is 6.32. The van der Waals surface area contributed by atoms with Crippen molar-refractivity contribution in [1.82, 2.24) is 0 Å². The highest BCUT2D eigenvalue weighted by Gasteiger charge is 2.16. The van der Waals surface area contributed by atoms with Crippen LogP contribution in [0, 0.1) is 46.4 Å². The number of aliphatic hydroxyl groups excluding tert-OH is 1. The van der Waals surface area contributed by atoms with Crippen molar-refractivity contribution in [2.75, 3.05) is 0 Å². The second-order valence-corrected chi connectivity index (χ2v) is 44.7. The molecular formula is C46H78AlCl3O12Si4. The maximum Gasteiger partial charge on any atom is 0.643 e. The number of esters is 4. The van der Waals surface area contributed by atoms with Gasteiger partial charge in [-0.3, -0.25) is 33.6 Å². The molecule has 0 aromatic heterocycles. The van der Waals surface area contributed by atoms with Crippen LogP contribution in [0.4, 0.5) is 0 Å². The lowest BCUT2D eigenvalue weighted by molar-refractivity contribution is -0.163. The summed E-state index contributed by atoms with van der Waals surface area (Å²) in [7, 11) is 9.69. The summed E-state index contributed by atoms with van der Waals surface area (Å²) in [6.45, 7) is 33.4. The Labute approximate surface area is 418 Å². The standard InChI is InChI=1S/C13H22O3Si.C10H16O3Si.C10H16O3.C8H18Si2.C5H6O3.Al.3ClH/c1-11(2)16-13(15)8-6-7-12(14)9-10-17(3,4)5;1-14(2,3)8-7-9(11)5-4-6-10(12)13;1-4-9(11)6-5-7-10(12)13-8(2)3;1-9(2,3)7-8-10(4,5)6;6-4-2-1-3-5(7)8-4;;;;/h11H,6-8H2,1-5H3;4-6H2,1-3H3,(H,12,13);1,8-9,11H,5-7H2,2-3H3;1-6H3;1-3H2;;3*1H/q;;;;;+3;;;/p-3/t;;9-;;;;;;/m..1....../s1. The van der Waals surface area contributed by atoms with E-state index in [-0.39, 0.29) is 60.5 Å². The Morgan fingerprint density at radius 1 is 0.621 bits per heavy atom. The van der Waals surface area contributed by atoms with Gasteiger partial charge in [-0.1, -0.05) is 84.5 Å². The van der Waals surface area contributed by atoms with Gasteiger partial charge in [0.15, 0.2) is 0 Å². The van der Waals surface area contributed by atoms with Gasteiger partial charge < -0.3 is 24.4 Å². The number of carbonyl (C=O) groups is 7. The summed E-state index contributed by atoms with van der Waals surface area (Å²) in [5.74, 6) is 5.07. The minimum atomic E-state index is -1.72. The lowest BCUT2D eigenvalue weighted by Gasteiger charge is -2.08. The zero-order valence-corrected chi connectivity index (χ0v) is 49.9. The van der Waals surface area contributed by atoms with E-state index in [1.54, 1.807) is 13.8 Å². The van der Waals surface area contributed by atoms with Crippen molar-refractivity contribution in [1.29, 1.82) is 0 Å².